The molecule has 1 aromatic carbocycles. The van der Waals surface area contributed by atoms with E-state index in [4.69, 9.17) is 10.2 Å². The van der Waals surface area contributed by atoms with E-state index in [-0.39, 0.29) is 18.1 Å². The SMILES string of the molecule is Cc1nc2c(C(=O)O)cccc2n1CC(C)CO. The number of imidazole rings is 1. The second kappa shape index (κ2) is 4.78. The van der Waals surface area contributed by atoms with Crippen LogP contribution >= 0.6 is 0 Å². The maximum absolute atomic E-state index is 11.1. The number of aliphatic hydroxyl groups excluding tert-OH is 1. The molecular weight excluding hydrogens is 232 g/mol. The summed E-state index contributed by atoms with van der Waals surface area (Å²) in [5, 5.41) is 18.2. The molecule has 5 nitrogen and oxygen atoms in total. The lowest BCUT2D eigenvalue weighted by Gasteiger charge is -2.11. The zero-order chi connectivity index (χ0) is 13.3. The monoisotopic (exact) mass is 248 g/mol. The van der Waals surface area contributed by atoms with Crippen LogP contribution in [-0.2, 0) is 6.54 Å². The Morgan fingerprint density at radius 1 is 1.50 bits per heavy atom. The first-order valence-corrected chi connectivity index (χ1v) is 5.84. The molecule has 0 aliphatic heterocycles. The van der Waals surface area contributed by atoms with Crippen molar-refractivity contribution < 1.29 is 15.0 Å². The van der Waals surface area contributed by atoms with Gasteiger partial charge in [0.15, 0.2) is 0 Å². The molecule has 1 heterocycles. The largest absolute Gasteiger partial charge is 0.478 e. The van der Waals surface area contributed by atoms with Crippen LogP contribution in [0.5, 0.6) is 0 Å². The first-order valence-electron chi connectivity index (χ1n) is 5.84. The normalized spacial score (nSPS) is 12.8. The number of aliphatic hydroxyl groups is 1. The van der Waals surface area contributed by atoms with Crippen LogP contribution in [0.15, 0.2) is 18.2 Å². The van der Waals surface area contributed by atoms with Crippen molar-refractivity contribution in [2.75, 3.05) is 6.61 Å². The summed E-state index contributed by atoms with van der Waals surface area (Å²) in [7, 11) is 0. The smallest absolute Gasteiger partial charge is 0.337 e. The third-order valence-corrected chi connectivity index (χ3v) is 3.01. The predicted octanol–water partition coefficient (Wildman–Crippen LogP) is 1.67. The molecule has 5 heteroatoms. The molecule has 0 fully saturated rings. The Labute approximate surface area is 105 Å². The first-order chi connectivity index (χ1) is 8.54. The number of carboxylic acid groups (broad SMARTS) is 1. The molecule has 0 spiro atoms. The van der Waals surface area contributed by atoms with Crippen molar-refractivity contribution in [2.45, 2.75) is 20.4 Å². The zero-order valence-electron chi connectivity index (χ0n) is 10.4. The topological polar surface area (TPSA) is 75.3 Å². The first kappa shape index (κ1) is 12.6. The molecule has 2 aromatic rings. The van der Waals surface area contributed by atoms with Gasteiger partial charge in [0.1, 0.15) is 11.3 Å². The highest BCUT2D eigenvalue weighted by atomic mass is 16.4. The van der Waals surface area contributed by atoms with Gasteiger partial charge in [-0.05, 0) is 25.0 Å². The molecule has 0 amide bonds. The lowest BCUT2D eigenvalue weighted by molar-refractivity contribution is 0.0699. The van der Waals surface area contributed by atoms with Gasteiger partial charge in [-0.2, -0.15) is 0 Å². The van der Waals surface area contributed by atoms with Gasteiger partial charge in [-0.25, -0.2) is 9.78 Å². The number of rotatable bonds is 4. The van der Waals surface area contributed by atoms with E-state index in [0.717, 1.165) is 11.3 Å². The highest BCUT2D eigenvalue weighted by Crippen LogP contribution is 2.21. The summed E-state index contributed by atoms with van der Waals surface area (Å²) in [5.41, 5.74) is 1.52. The Kier molecular flexibility index (Phi) is 3.34. The second-order valence-electron chi connectivity index (χ2n) is 4.54. The number of fused-ring (bicyclic) bond motifs is 1. The van der Waals surface area contributed by atoms with Gasteiger partial charge in [-0.3, -0.25) is 0 Å². The second-order valence-corrected chi connectivity index (χ2v) is 4.54. The zero-order valence-corrected chi connectivity index (χ0v) is 10.4. The van der Waals surface area contributed by atoms with Gasteiger partial charge < -0.3 is 14.8 Å². The number of carboxylic acids is 1. The van der Waals surface area contributed by atoms with E-state index in [1.165, 1.54) is 0 Å². The average molecular weight is 248 g/mol. The summed E-state index contributed by atoms with van der Waals surface area (Å²) < 4.78 is 1.95. The van der Waals surface area contributed by atoms with Crippen LogP contribution in [0.2, 0.25) is 0 Å². The van der Waals surface area contributed by atoms with Crippen LogP contribution in [0.4, 0.5) is 0 Å². The molecule has 0 aliphatic carbocycles. The molecule has 0 radical (unpaired) electrons. The fraction of sp³-hybridized carbons (Fsp3) is 0.385. The molecule has 0 saturated carbocycles. The predicted molar refractivity (Wildman–Crippen MR) is 67.7 cm³/mol. The van der Waals surface area contributed by atoms with Crippen molar-refractivity contribution in [1.82, 2.24) is 9.55 Å². The number of aryl methyl sites for hydroxylation is 1. The Balaban J connectivity index is 2.58. The number of hydrogen-bond acceptors (Lipinski definition) is 3. The van der Waals surface area contributed by atoms with Gasteiger partial charge >= 0.3 is 5.97 Å². The Bertz CT molecular complexity index is 589. The summed E-state index contributed by atoms with van der Waals surface area (Å²) in [5.74, 6) is -0.103. The summed E-state index contributed by atoms with van der Waals surface area (Å²) in [6, 6.07) is 5.12. The van der Waals surface area contributed by atoms with Crippen LogP contribution in [0.25, 0.3) is 11.0 Å². The van der Waals surface area contributed by atoms with E-state index in [0.29, 0.717) is 12.1 Å². The van der Waals surface area contributed by atoms with E-state index in [2.05, 4.69) is 4.98 Å². The Morgan fingerprint density at radius 3 is 2.83 bits per heavy atom. The van der Waals surface area contributed by atoms with Crippen molar-refractivity contribution in [3.63, 3.8) is 0 Å². The molecular formula is C13H16N2O3. The van der Waals surface area contributed by atoms with Crippen molar-refractivity contribution >= 4 is 17.0 Å². The van der Waals surface area contributed by atoms with Gasteiger partial charge in [0, 0.05) is 13.2 Å². The minimum atomic E-state index is -0.972. The standard InChI is InChI=1S/C13H16N2O3/c1-8(7-16)6-15-9(2)14-12-10(13(17)18)4-3-5-11(12)15/h3-5,8,16H,6-7H2,1-2H3,(H,17,18). The van der Waals surface area contributed by atoms with E-state index in [1.807, 2.05) is 24.5 Å². The molecule has 1 unspecified atom stereocenters. The molecule has 0 bridgehead atoms. The minimum Gasteiger partial charge on any atom is -0.478 e. The quantitative estimate of drug-likeness (QED) is 0.863. The number of aromatic nitrogens is 2. The lowest BCUT2D eigenvalue weighted by atomic mass is 10.1. The van der Waals surface area contributed by atoms with Crippen LogP contribution < -0.4 is 0 Å². The van der Waals surface area contributed by atoms with E-state index >= 15 is 0 Å². The van der Waals surface area contributed by atoms with Gasteiger partial charge in [0.2, 0.25) is 0 Å². The number of benzene rings is 1. The summed E-state index contributed by atoms with van der Waals surface area (Å²) in [6.07, 6.45) is 0. The third-order valence-electron chi connectivity index (χ3n) is 3.01. The molecule has 2 N–H and O–H groups in total. The number of hydrogen-bond donors (Lipinski definition) is 2. The van der Waals surface area contributed by atoms with Gasteiger partial charge in [0.25, 0.3) is 0 Å². The van der Waals surface area contributed by atoms with E-state index < -0.39 is 5.97 Å². The molecule has 96 valence electrons. The molecule has 2 rings (SSSR count). The summed E-state index contributed by atoms with van der Waals surface area (Å²) in [4.78, 5) is 15.4. The number of aromatic carboxylic acids is 1. The van der Waals surface area contributed by atoms with Crippen molar-refractivity contribution in [3.05, 3.63) is 29.6 Å². The summed E-state index contributed by atoms with van der Waals surface area (Å²) >= 11 is 0. The molecule has 0 saturated heterocycles. The summed E-state index contributed by atoms with van der Waals surface area (Å²) in [6.45, 7) is 4.50. The minimum absolute atomic E-state index is 0.0950. The fourth-order valence-electron chi connectivity index (χ4n) is 2.04. The van der Waals surface area contributed by atoms with Crippen LogP contribution in [-0.4, -0.2) is 32.3 Å². The highest BCUT2D eigenvalue weighted by molar-refractivity contribution is 6.01. The number of para-hydroxylation sites is 1. The number of carbonyl (C=O) groups is 1. The van der Waals surface area contributed by atoms with E-state index in [9.17, 15) is 4.79 Å². The maximum atomic E-state index is 11.1. The average Bonchev–Trinajstić information content (AvgIpc) is 2.65. The third kappa shape index (κ3) is 2.09. The molecule has 1 aromatic heterocycles. The van der Waals surface area contributed by atoms with Gasteiger partial charge in [0.05, 0.1) is 11.1 Å². The molecule has 0 aliphatic rings. The molecule has 18 heavy (non-hydrogen) atoms. The Hall–Kier alpha value is -1.88. The van der Waals surface area contributed by atoms with Crippen molar-refractivity contribution in [1.29, 1.82) is 0 Å². The van der Waals surface area contributed by atoms with Gasteiger partial charge in [-0.1, -0.05) is 13.0 Å². The Morgan fingerprint density at radius 2 is 2.22 bits per heavy atom. The van der Waals surface area contributed by atoms with Crippen molar-refractivity contribution in [2.24, 2.45) is 5.92 Å². The fourth-order valence-corrected chi connectivity index (χ4v) is 2.04. The molecule has 1 atom stereocenters. The van der Waals surface area contributed by atoms with Crippen LogP contribution in [0, 0.1) is 12.8 Å². The van der Waals surface area contributed by atoms with E-state index in [1.54, 1.807) is 12.1 Å². The highest BCUT2D eigenvalue weighted by Gasteiger charge is 2.15. The van der Waals surface area contributed by atoms with Crippen LogP contribution in [0.3, 0.4) is 0 Å². The number of nitrogens with zero attached hydrogens (tertiary/aromatic N) is 2. The van der Waals surface area contributed by atoms with Crippen LogP contribution in [0.1, 0.15) is 23.1 Å². The van der Waals surface area contributed by atoms with Gasteiger partial charge in [-0.15, -0.1) is 0 Å². The lowest BCUT2D eigenvalue weighted by Crippen LogP contribution is -2.12. The maximum Gasteiger partial charge on any atom is 0.337 e. The van der Waals surface area contributed by atoms with Crippen molar-refractivity contribution in [3.8, 4) is 0 Å².